The summed E-state index contributed by atoms with van der Waals surface area (Å²) in [4.78, 5) is 1.50. The van der Waals surface area contributed by atoms with Gasteiger partial charge in [-0.2, -0.15) is 0 Å². The van der Waals surface area contributed by atoms with Crippen LogP contribution in [0.25, 0.3) is 16.0 Å². The zero-order valence-electron chi connectivity index (χ0n) is 2.34. The van der Waals surface area contributed by atoms with E-state index in [1.807, 2.05) is 0 Å². The molecule has 0 spiro atoms. The second-order valence-electron chi connectivity index (χ2n) is 0.0894. The van der Waals surface area contributed by atoms with E-state index in [0.717, 1.165) is 0 Å². The Morgan fingerprint density at radius 1 is 1.25 bits per heavy atom. The van der Waals surface area contributed by atoms with E-state index < -0.39 is 0 Å². The van der Waals surface area contributed by atoms with E-state index in [2.05, 4.69) is 0 Å². The Hall–Kier alpha value is 1.36. The average Bonchev–Trinajstić information content (AvgIpc) is 0.918. The van der Waals surface area contributed by atoms with Crippen molar-refractivity contribution in [3.63, 3.8) is 0 Å². The normalized spacial score (nSPS) is 2.00. The fourth-order valence-electron chi connectivity index (χ4n) is 0. The van der Waals surface area contributed by atoms with Crippen molar-refractivity contribution in [1.82, 2.24) is 0 Å². The second kappa shape index (κ2) is 8.84. The van der Waals surface area contributed by atoms with Crippen molar-refractivity contribution in [1.29, 1.82) is 0 Å². The molecule has 4 heteroatoms. The molecule has 0 aromatic rings. The first kappa shape index (κ1) is 9.03. The summed E-state index contributed by atoms with van der Waals surface area (Å²) in [5.41, 5.74) is 13.5. The molecule has 4 heavy (non-hydrogen) atoms. The fraction of sp³-hybridized carbons (Fsp3) is 0. The Labute approximate surface area is 82.6 Å². The molecular formula is CsN3. The average molecular weight is 175 g/mol. The van der Waals surface area contributed by atoms with Crippen molar-refractivity contribution < 1.29 is 68.9 Å². The van der Waals surface area contributed by atoms with Crippen molar-refractivity contribution in [2.75, 3.05) is 0 Å². The molecule has 0 atom stereocenters. The number of rotatable bonds is 0. The van der Waals surface area contributed by atoms with Crippen LogP contribution in [0.15, 0.2) is 0 Å². The van der Waals surface area contributed by atoms with Gasteiger partial charge >= 0.3 is 68.9 Å². The van der Waals surface area contributed by atoms with Crippen LogP contribution >= 0.6 is 0 Å². The predicted octanol–water partition coefficient (Wildman–Crippen LogP) is -2.13. The van der Waals surface area contributed by atoms with E-state index in [1.165, 1.54) is 4.91 Å². The van der Waals surface area contributed by atoms with Crippen LogP contribution in [0.5, 0.6) is 0 Å². The molecule has 0 saturated carbocycles. The molecular weight excluding hydrogens is 175 g/mol. The van der Waals surface area contributed by atoms with Gasteiger partial charge in [-0.15, -0.1) is 0 Å². The first-order chi connectivity index (χ1) is 1.41. The van der Waals surface area contributed by atoms with Gasteiger partial charge in [0.1, 0.15) is 0 Å². The second-order valence-corrected chi connectivity index (χ2v) is 0.0894. The minimum absolute atomic E-state index is 0. The van der Waals surface area contributed by atoms with Gasteiger partial charge in [0, 0.05) is 0 Å². The molecule has 0 rings (SSSR count). The van der Waals surface area contributed by atoms with Gasteiger partial charge in [-0.05, 0) is 0 Å². The Morgan fingerprint density at radius 2 is 1.25 bits per heavy atom. The first-order valence-corrected chi connectivity index (χ1v) is 0.400. The van der Waals surface area contributed by atoms with Crippen molar-refractivity contribution in [3.05, 3.63) is 16.0 Å². The van der Waals surface area contributed by atoms with E-state index in [4.69, 9.17) is 11.1 Å². The van der Waals surface area contributed by atoms with Crippen molar-refractivity contribution >= 4 is 0 Å². The molecule has 0 aliphatic rings. The molecule has 0 amide bonds. The maximum atomic E-state index is 6.75. The molecule has 0 fully saturated rings. The van der Waals surface area contributed by atoms with Gasteiger partial charge in [0.2, 0.25) is 0 Å². The van der Waals surface area contributed by atoms with E-state index in [0.29, 0.717) is 0 Å². The Morgan fingerprint density at radius 3 is 1.25 bits per heavy atom. The van der Waals surface area contributed by atoms with E-state index in [9.17, 15) is 0 Å². The van der Waals surface area contributed by atoms with Crippen LogP contribution in [0.4, 0.5) is 0 Å². The smallest absolute Gasteiger partial charge is 0.373 e. The van der Waals surface area contributed by atoms with Gasteiger partial charge in [0.15, 0.2) is 0 Å². The van der Waals surface area contributed by atoms with E-state index in [1.54, 1.807) is 0 Å². The van der Waals surface area contributed by atoms with Gasteiger partial charge in [-0.1, -0.05) is 0 Å². The summed E-state index contributed by atoms with van der Waals surface area (Å²) in [7, 11) is 0. The molecule has 0 bridgehead atoms. The molecule has 3 nitrogen and oxygen atoms in total. The summed E-state index contributed by atoms with van der Waals surface area (Å²) in [5.74, 6) is 0. The summed E-state index contributed by atoms with van der Waals surface area (Å²) in [5, 5.41) is 0. The Balaban J connectivity index is 0. The van der Waals surface area contributed by atoms with E-state index in [-0.39, 0.29) is 68.9 Å². The monoisotopic (exact) mass is 175 g/mol. The number of hydrogen-bond donors (Lipinski definition) is 0. The van der Waals surface area contributed by atoms with Gasteiger partial charge in [-0.3, -0.25) is 4.91 Å². The standard InChI is InChI=1S/Cs.N3/c;1-3-2/q+1;-1. The van der Waals surface area contributed by atoms with Crippen LogP contribution in [0.2, 0.25) is 0 Å². The SMILES string of the molecule is [Cs+].[N-]=[N+]=[N-]. The Bertz CT molecular complexity index is 24.3. The van der Waals surface area contributed by atoms with Crippen LogP contribution in [0.1, 0.15) is 0 Å². The predicted molar refractivity (Wildman–Crippen MR) is 10.1 cm³/mol. The molecule has 0 N–H and O–H groups in total. The summed E-state index contributed by atoms with van der Waals surface area (Å²) < 4.78 is 0. The zero-order chi connectivity index (χ0) is 2.71. The fourth-order valence-corrected chi connectivity index (χ4v) is 0. The molecule has 0 aliphatic carbocycles. The van der Waals surface area contributed by atoms with Crippen molar-refractivity contribution in [2.45, 2.75) is 0 Å². The van der Waals surface area contributed by atoms with Gasteiger partial charge in [0.05, 0.1) is 0 Å². The quantitative estimate of drug-likeness (QED) is 0.229. The molecule has 0 saturated heterocycles. The van der Waals surface area contributed by atoms with Crippen molar-refractivity contribution in [2.24, 2.45) is 0 Å². The molecule has 0 aliphatic heterocycles. The largest absolute Gasteiger partial charge is 1.00 e. The number of hydrogen-bond acceptors (Lipinski definition) is 0. The minimum atomic E-state index is 0. The van der Waals surface area contributed by atoms with Gasteiger partial charge < -0.3 is 11.1 Å². The first-order valence-electron chi connectivity index (χ1n) is 0.400. The summed E-state index contributed by atoms with van der Waals surface area (Å²) in [6, 6.07) is 0. The molecule has 0 unspecified atom stereocenters. The van der Waals surface area contributed by atoms with Crippen LogP contribution in [-0.4, -0.2) is 0 Å². The molecule has 0 aromatic carbocycles. The number of nitrogens with zero attached hydrogens (tertiary/aromatic N) is 3. The van der Waals surface area contributed by atoms with Crippen LogP contribution < -0.4 is 68.9 Å². The summed E-state index contributed by atoms with van der Waals surface area (Å²) >= 11 is 0. The molecule has 16 valence electrons. The maximum absolute atomic E-state index is 6.75. The van der Waals surface area contributed by atoms with Gasteiger partial charge in [-0.25, -0.2) is 0 Å². The van der Waals surface area contributed by atoms with E-state index >= 15 is 0 Å². The van der Waals surface area contributed by atoms with Gasteiger partial charge in [0.25, 0.3) is 0 Å². The topological polar surface area (TPSA) is 58.7 Å². The minimum Gasteiger partial charge on any atom is -0.373 e. The van der Waals surface area contributed by atoms with Crippen LogP contribution in [-0.2, 0) is 0 Å². The van der Waals surface area contributed by atoms with Crippen LogP contribution in [0.3, 0.4) is 0 Å². The zero-order valence-corrected chi connectivity index (χ0v) is 8.62. The molecule has 0 radical (unpaired) electrons. The Kier molecular flexibility index (Phi) is 19.9. The van der Waals surface area contributed by atoms with Crippen molar-refractivity contribution in [3.8, 4) is 0 Å². The summed E-state index contributed by atoms with van der Waals surface area (Å²) in [6.07, 6.45) is 0. The third-order valence-corrected chi connectivity index (χ3v) is 0. The summed E-state index contributed by atoms with van der Waals surface area (Å²) in [6.45, 7) is 0. The molecule has 0 aromatic heterocycles. The maximum Gasteiger partial charge on any atom is 1.00 e. The molecule has 0 heterocycles. The third kappa shape index (κ3) is 10.1. The van der Waals surface area contributed by atoms with Crippen LogP contribution in [0, 0.1) is 0 Å². The third-order valence-electron chi connectivity index (χ3n) is 0.